The number of benzene rings is 1. The van der Waals surface area contributed by atoms with Crippen LogP contribution in [0, 0.1) is 13.8 Å². The molecule has 0 atom stereocenters. The normalized spacial score (nSPS) is 10.5. The molecule has 0 aliphatic rings. The molecule has 110 valence electrons. The van der Waals surface area contributed by atoms with Gasteiger partial charge in [-0.2, -0.15) is 0 Å². The first-order chi connectivity index (χ1) is 9.92. The summed E-state index contributed by atoms with van der Waals surface area (Å²) in [6, 6.07) is 6.28. The molecule has 1 heterocycles. The molecule has 0 saturated heterocycles. The van der Waals surface area contributed by atoms with E-state index in [2.05, 4.69) is 4.98 Å². The first-order valence-corrected chi connectivity index (χ1v) is 6.50. The SMILES string of the molecule is COc1ccc(B(O)O)cc1Cn1c(C)nc(C)cc1=O. The number of nitrogens with zero attached hydrogens (tertiary/aromatic N) is 2. The monoisotopic (exact) mass is 288 g/mol. The molecule has 0 aliphatic heterocycles. The van der Waals surface area contributed by atoms with Gasteiger partial charge in [0.1, 0.15) is 11.6 Å². The zero-order valence-corrected chi connectivity index (χ0v) is 12.2. The van der Waals surface area contributed by atoms with Crippen molar-refractivity contribution < 1.29 is 14.8 Å². The summed E-state index contributed by atoms with van der Waals surface area (Å²) in [6.45, 7) is 3.77. The Hall–Kier alpha value is -2.12. The van der Waals surface area contributed by atoms with Gasteiger partial charge in [0.15, 0.2) is 0 Å². The number of methoxy groups -OCH3 is 1. The Kier molecular flexibility index (Phi) is 4.45. The fraction of sp³-hybridized carbons (Fsp3) is 0.286. The fourth-order valence-electron chi connectivity index (χ4n) is 2.21. The third kappa shape index (κ3) is 3.32. The van der Waals surface area contributed by atoms with Crippen LogP contribution in [-0.2, 0) is 6.54 Å². The molecule has 0 fully saturated rings. The van der Waals surface area contributed by atoms with Crippen LogP contribution in [0.15, 0.2) is 29.1 Å². The topological polar surface area (TPSA) is 84.6 Å². The molecule has 2 N–H and O–H groups in total. The standard InChI is InChI=1S/C14H17BN2O4/c1-9-6-14(18)17(10(2)16-9)8-11-7-12(15(19)20)4-5-13(11)21-3/h4-7,19-20H,8H2,1-3H3. The van der Waals surface area contributed by atoms with E-state index in [4.69, 9.17) is 4.74 Å². The molecular formula is C14H17BN2O4. The van der Waals surface area contributed by atoms with Crippen molar-refractivity contribution in [3.63, 3.8) is 0 Å². The first kappa shape index (κ1) is 15.3. The zero-order chi connectivity index (χ0) is 15.6. The predicted octanol–water partition coefficient (Wildman–Crippen LogP) is -0.403. The number of ether oxygens (including phenoxy) is 1. The number of rotatable bonds is 4. The summed E-state index contributed by atoms with van der Waals surface area (Å²) in [7, 11) is -0.0414. The summed E-state index contributed by atoms with van der Waals surface area (Å²) in [5, 5.41) is 18.5. The van der Waals surface area contributed by atoms with Crippen molar-refractivity contribution in [1.29, 1.82) is 0 Å². The lowest BCUT2D eigenvalue weighted by Crippen LogP contribution is -2.31. The highest BCUT2D eigenvalue weighted by Gasteiger charge is 2.15. The highest BCUT2D eigenvalue weighted by Crippen LogP contribution is 2.17. The molecule has 6 nitrogen and oxygen atoms in total. The van der Waals surface area contributed by atoms with Gasteiger partial charge in [0.05, 0.1) is 13.7 Å². The summed E-state index contributed by atoms with van der Waals surface area (Å²) in [5.41, 5.74) is 1.53. The summed E-state index contributed by atoms with van der Waals surface area (Å²) in [6.07, 6.45) is 0. The molecule has 2 rings (SSSR count). The molecule has 0 unspecified atom stereocenters. The van der Waals surface area contributed by atoms with Crippen molar-refractivity contribution in [3.05, 3.63) is 51.7 Å². The maximum atomic E-state index is 12.1. The lowest BCUT2D eigenvalue weighted by molar-refractivity contribution is 0.407. The Morgan fingerprint density at radius 2 is 2.00 bits per heavy atom. The highest BCUT2D eigenvalue weighted by molar-refractivity contribution is 6.58. The molecule has 1 aromatic carbocycles. The zero-order valence-electron chi connectivity index (χ0n) is 12.2. The minimum atomic E-state index is -1.57. The van der Waals surface area contributed by atoms with Crippen molar-refractivity contribution in [2.75, 3.05) is 7.11 Å². The third-order valence-electron chi connectivity index (χ3n) is 3.26. The van der Waals surface area contributed by atoms with Crippen LogP contribution in [0.25, 0.3) is 0 Å². The van der Waals surface area contributed by atoms with Gasteiger partial charge in [-0.15, -0.1) is 0 Å². The molecule has 7 heteroatoms. The van der Waals surface area contributed by atoms with E-state index in [0.717, 1.165) is 0 Å². The lowest BCUT2D eigenvalue weighted by atomic mass is 9.79. The molecule has 0 spiro atoms. The maximum Gasteiger partial charge on any atom is 0.488 e. The summed E-state index contributed by atoms with van der Waals surface area (Å²) >= 11 is 0. The van der Waals surface area contributed by atoms with Crippen LogP contribution in [-0.4, -0.2) is 33.8 Å². The maximum absolute atomic E-state index is 12.1. The van der Waals surface area contributed by atoms with Gasteiger partial charge in [-0.25, -0.2) is 4.98 Å². The van der Waals surface area contributed by atoms with E-state index in [-0.39, 0.29) is 12.1 Å². The quantitative estimate of drug-likeness (QED) is 0.748. The second-order valence-corrected chi connectivity index (χ2v) is 4.81. The van der Waals surface area contributed by atoms with Gasteiger partial charge in [-0.3, -0.25) is 9.36 Å². The molecule has 0 radical (unpaired) electrons. The Bertz CT molecular complexity index is 713. The molecule has 0 amide bonds. The van der Waals surface area contributed by atoms with E-state index >= 15 is 0 Å². The van der Waals surface area contributed by atoms with Crippen LogP contribution < -0.4 is 15.8 Å². The van der Waals surface area contributed by atoms with E-state index in [1.165, 1.54) is 17.7 Å². The van der Waals surface area contributed by atoms with Crippen LogP contribution in [0.3, 0.4) is 0 Å². The van der Waals surface area contributed by atoms with E-state index < -0.39 is 7.12 Å². The Morgan fingerprint density at radius 1 is 1.29 bits per heavy atom. The second-order valence-electron chi connectivity index (χ2n) is 4.81. The molecule has 0 aliphatic carbocycles. The van der Waals surface area contributed by atoms with Crippen LogP contribution in [0.1, 0.15) is 17.1 Å². The van der Waals surface area contributed by atoms with Crippen molar-refractivity contribution in [2.24, 2.45) is 0 Å². The Balaban J connectivity index is 2.48. The smallest absolute Gasteiger partial charge is 0.488 e. The van der Waals surface area contributed by atoms with Crippen LogP contribution in [0.2, 0.25) is 0 Å². The van der Waals surface area contributed by atoms with Gasteiger partial charge in [-0.1, -0.05) is 12.1 Å². The summed E-state index contributed by atoms with van der Waals surface area (Å²) in [5.74, 6) is 1.17. The van der Waals surface area contributed by atoms with Crippen molar-refractivity contribution in [3.8, 4) is 5.75 Å². The predicted molar refractivity (Wildman–Crippen MR) is 79.9 cm³/mol. The number of aromatic nitrogens is 2. The minimum Gasteiger partial charge on any atom is -0.496 e. The molecule has 0 saturated carbocycles. The fourth-order valence-corrected chi connectivity index (χ4v) is 2.21. The van der Waals surface area contributed by atoms with Gasteiger partial charge in [0, 0.05) is 17.3 Å². The van der Waals surface area contributed by atoms with Gasteiger partial charge < -0.3 is 14.8 Å². The van der Waals surface area contributed by atoms with Crippen LogP contribution >= 0.6 is 0 Å². The van der Waals surface area contributed by atoms with E-state index in [1.807, 2.05) is 0 Å². The average Bonchev–Trinajstić information content (AvgIpc) is 2.42. The van der Waals surface area contributed by atoms with Crippen molar-refractivity contribution in [1.82, 2.24) is 9.55 Å². The minimum absolute atomic E-state index is 0.156. The van der Waals surface area contributed by atoms with E-state index in [1.54, 1.807) is 32.0 Å². The lowest BCUT2D eigenvalue weighted by Gasteiger charge is -2.14. The third-order valence-corrected chi connectivity index (χ3v) is 3.26. The average molecular weight is 288 g/mol. The highest BCUT2D eigenvalue weighted by atomic mass is 16.5. The first-order valence-electron chi connectivity index (χ1n) is 6.50. The largest absolute Gasteiger partial charge is 0.496 e. The summed E-state index contributed by atoms with van der Waals surface area (Å²) in [4.78, 5) is 16.3. The van der Waals surface area contributed by atoms with Gasteiger partial charge in [0.25, 0.3) is 5.56 Å². The summed E-state index contributed by atoms with van der Waals surface area (Å²) < 4.78 is 6.77. The van der Waals surface area contributed by atoms with Crippen LogP contribution in [0.4, 0.5) is 0 Å². The van der Waals surface area contributed by atoms with Gasteiger partial charge in [-0.05, 0) is 25.4 Å². The molecule has 1 aromatic heterocycles. The molecule has 0 bridgehead atoms. The van der Waals surface area contributed by atoms with E-state index in [9.17, 15) is 14.8 Å². The second kappa shape index (κ2) is 6.11. The Morgan fingerprint density at radius 3 is 2.57 bits per heavy atom. The van der Waals surface area contributed by atoms with Crippen LogP contribution in [0.5, 0.6) is 5.75 Å². The molecule has 21 heavy (non-hydrogen) atoms. The van der Waals surface area contributed by atoms with Crippen molar-refractivity contribution >= 4 is 12.6 Å². The van der Waals surface area contributed by atoms with E-state index in [0.29, 0.717) is 28.3 Å². The number of aryl methyl sites for hydroxylation is 2. The van der Waals surface area contributed by atoms with Crippen molar-refractivity contribution in [2.45, 2.75) is 20.4 Å². The molecule has 2 aromatic rings. The number of hydrogen-bond donors (Lipinski definition) is 2. The Labute approximate surface area is 122 Å². The van der Waals surface area contributed by atoms with Gasteiger partial charge in [0.2, 0.25) is 0 Å². The molecular weight excluding hydrogens is 271 g/mol. The van der Waals surface area contributed by atoms with Gasteiger partial charge >= 0.3 is 7.12 Å². The number of hydrogen-bond acceptors (Lipinski definition) is 5.